The van der Waals surface area contributed by atoms with Crippen molar-refractivity contribution in [2.45, 2.75) is 18.9 Å². The lowest BCUT2D eigenvalue weighted by atomic mass is 10.1. The van der Waals surface area contributed by atoms with E-state index in [-0.39, 0.29) is 18.9 Å². The zero-order valence-corrected chi connectivity index (χ0v) is 10.1. The molecule has 0 saturated carbocycles. The van der Waals surface area contributed by atoms with Crippen molar-refractivity contribution in [2.75, 3.05) is 26.8 Å². The van der Waals surface area contributed by atoms with Gasteiger partial charge in [0.15, 0.2) is 0 Å². The van der Waals surface area contributed by atoms with Crippen LogP contribution in [0, 0.1) is 0 Å². The molecule has 0 aromatic rings. The van der Waals surface area contributed by atoms with Crippen molar-refractivity contribution in [3.8, 4) is 0 Å². The summed E-state index contributed by atoms with van der Waals surface area (Å²) >= 11 is 0. The second-order valence-electron chi connectivity index (χ2n) is 3.38. The summed E-state index contributed by atoms with van der Waals surface area (Å²) in [6.45, 7) is 0.910. The second kappa shape index (κ2) is 10.2. The van der Waals surface area contributed by atoms with Gasteiger partial charge in [-0.1, -0.05) is 5.11 Å². The van der Waals surface area contributed by atoms with Gasteiger partial charge >= 0.3 is 6.09 Å². The van der Waals surface area contributed by atoms with Gasteiger partial charge in [0.05, 0.1) is 6.61 Å². The third kappa shape index (κ3) is 8.20. The average molecular weight is 259 g/mol. The fraction of sp³-hybridized carbons (Fsp3) is 0.778. The Kier molecular flexibility index (Phi) is 9.06. The predicted octanol–water partition coefficient (Wildman–Crippen LogP) is 0.476. The number of carboxylic acid groups (broad SMARTS) is 1. The fourth-order valence-electron chi connectivity index (χ4n) is 1.19. The van der Waals surface area contributed by atoms with Gasteiger partial charge in [0.1, 0.15) is 6.04 Å². The molecule has 1 unspecified atom stereocenters. The van der Waals surface area contributed by atoms with Gasteiger partial charge in [-0.3, -0.25) is 4.79 Å². The number of methoxy groups -OCH3 is 1. The van der Waals surface area contributed by atoms with Gasteiger partial charge in [-0.05, 0) is 18.4 Å². The summed E-state index contributed by atoms with van der Waals surface area (Å²) in [5.74, 6) is -0.389. The van der Waals surface area contributed by atoms with E-state index in [9.17, 15) is 9.59 Å². The zero-order valence-electron chi connectivity index (χ0n) is 10.1. The predicted molar refractivity (Wildman–Crippen MR) is 63.1 cm³/mol. The van der Waals surface area contributed by atoms with Crippen molar-refractivity contribution in [1.29, 1.82) is 0 Å². The van der Waals surface area contributed by atoms with Gasteiger partial charge in [0.25, 0.3) is 0 Å². The molecule has 0 aliphatic rings. The molecule has 18 heavy (non-hydrogen) atoms. The van der Waals surface area contributed by atoms with Crippen LogP contribution in [0.3, 0.4) is 0 Å². The summed E-state index contributed by atoms with van der Waals surface area (Å²) in [4.78, 5) is 24.4. The maximum atomic E-state index is 11.6. The Morgan fingerprint density at radius 3 is 2.72 bits per heavy atom. The molecule has 0 bridgehead atoms. The van der Waals surface area contributed by atoms with Crippen LogP contribution in [0.2, 0.25) is 0 Å². The van der Waals surface area contributed by atoms with Crippen LogP contribution < -0.4 is 10.6 Å². The van der Waals surface area contributed by atoms with Crippen LogP contribution in [0.25, 0.3) is 10.4 Å². The van der Waals surface area contributed by atoms with Crippen molar-refractivity contribution >= 4 is 12.0 Å². The molecular weight excluding hydrogens is 242 g/mol. The molecule has 102 valence electrons. The van der Waals surface area contributed by atoms with E-state index in [2.05, 4.69) is 20.7 Å². The summed E-state index contributed by atoms with van der Waals surface area (Å²) in [6, 6.07) is -0.831. The largest absolute Gasteiger partial charge is 0.465 e. The summed E-state index contributed by atoms with van der Waals surface area (Å²) in [5, 5.41) is 16.4. The Balaban J connectivity index is 4.00. The molecule has 0 aromatic heterocycles. The first-order chi connectivity index (χ1) is 8.61. The number of carbonyl (C=O) groups is 2. The standard InChI is InChI=1S/C9H17N5O4/c1-18-6-5-11-8(15)7(13-14-10)3-2-4-12-9(16)17/h7,12H,2-6H2,1H3,(H,11,15)(H,16,17). The number of ether oxygens (including phenoxy) is 1. The summed E-state index contributed by atoms with van der Waals surface area (Å²) in [5.41, 5.74) is 8.35. The number of nitrogens with zero attached hydrogens (tertiary/aromatic N) is 3. The Morgan fingerprint density at radius 2 is 2.17 bits per heavy atom. The van der Waals surface area contributed by atoms with Crippen LogP contribution >= 0.6 is 0 Å². The molecule has 9 heteroatoms. The van der Waals surface area contributed by atoms with Crippen LogP contribution in [0.1, 0.15) is 12.8 Å². The highest BCUT2D eigenvalue weighted by molar-refractivity contribution is 5.81. The Morgan fingerprint density at radius 1 is 1.44 bits per heavy atom. The molecule has 0 spiro atoms. The van der Waals surface area contributed by atoms with Crippen molar-refractivity contribution in [3.63, 3.8) is 0 Å². The summed E-state index contributed by atoms with van der Waals surface area (Å²) in [7, 11) is 1.51. The number of amides is 2. The lowest BCUT2D eigenvalue weighted by molar-refractivity contribution is -0.122. The highest BCUT2D eigenvalue weighted by Crippen LogP contribution is 2.02. The van der Waals surface area contributed by atoms with Gasteiger partial charge in [-0.25, -0.2) is 4.79 Å². The van der Waals surface area contributed by atoms with E-state index in [0.29, 0.717) is 19.6 Å². The third-order valence-corrected chi connectivity index (χ3v) is 2.03. The van der Waals surface area contributed by atoms with E-state index in [1.165, 1.54) is 7.11 Å². The second-order valence-corrected chi connectivity index (χ2v) is 3.38. The topological polar surface area (TPSA) is 136 Å². The minimum Gasteiger partial charge on any atom is -0.465 e. The lowest BCUT2D eigenvalue weighted by Crippen LogP contribution is -2.35. The Labute approximate surface area is 104 Å². The summed E-state index contributed by atoms with van der Waals surface area (Å²) in [6.07, 6.45) is -0.434. The molecule has 0 rings (SSSR count). The first-order valence-electron chi connectivity index (χ1n) is 5.39. The summed E-state index contributed by atoms with van der Waals surface area (Å²) < 4.78 is 4.76. The highest BCUT2D eigenvalue weighted by atomic mass is 16.5. The van der Waals surface area contributed by atoms with Gasteiger partial charge < -0.3 is 20.5 Å². The van der Waals surface area contributed by atoms with Gasteiger partial charge in [0.2, 0.25) is 5.91 Å². The van der Waals surface area contributed by atoms with Crippen LogP contribution in [0.15, 0.2) is 5.11 Å². The highest BCUT2D eigenvalue weighted by Gasteiger charge is 2.15. The van der Waals surface area contributed by atoms with E-state index in [4.69, 9.17) is 15.4 Å². The van der Waals surface area contributed by atoms with Crippen molar-refractivity contribution in [2.24, 2.45) is 5.11 Å². The zero-order chi connectivity index (χ0) is 13.8. The number of nitrogens with one attached hydrogen (secondary N) is 2. The van der Waals surface area contributed by atoms with Gasteiger partial charge in [-0.2, -0.15) is 0 Å². The molecule has 0 saturated heterocycles. The first-order valence-corrected chi connectivity index (χ1v) is 5.39. The number of hydrogen-bond donors (Lipinski definition) is 3. The van der Waals surface area contributed by atoms with Gasteiger partial charge in [0, 0.05) is 25.1 Å². The number of carbonyl (C=O) groups excluding carboxylic acids is 1. The SMILES string of the molecule is COCCNC(=O)C(CCCNC(=O)O)N=[N+]=[N-]. The first kappa shape index (κ1) is 16.0. The molecule has 0 aromatic carbocycles. The molecule has 2 amide bonds. The van der Waals surface area contributed by atoms with Gasteiger partial charge in [-0.15, -0.1) is 0 Å². The van der Waals surface area contributed by atoms with E-state index in [0.717, 1.165) is 0 Å². The molecular formula is C9H17N5O4. The molecule has 3 N–H and O–H groups in total. The minimum atomic E-state index is -1.13. The molecule has 0 aliphatic heterocycles. The third-order valence-electron chi connectivity index (χ3n) is 2.03. The van der Waals surface area contributed by atoms with Crippen LogP contribution in [0.4, 0.5) is 4.79 Å². The van der Waals surface area contributed by atoms with E-state index < -0.39 is 12.1 Å². The maximum Gasteiger partial charge on any atom is 0.404 e. The number of hydrogen-bond acceptors (Lipinski definition) is 4. The van der Waals surface area contributed by atoms with Crippen molar-refractivity contribution < 1.29 is 19.4 Å². The molecule has 0 radical (unpaired) electrons. The van der Waals surface area contributed by atoms with E-state index in [1.807, 2.05) is 0 Å². The average Bonchev–Trinajstić information content (AvgIpc) is 2.33. The van der Waals surface area contributed by atoms with E-state index in [1.54, 1.807) is 0 Å². The lowest BCUT2D eigenvalue weighted by Gasteiger charge is -2.11. The monoisotopic (exact) mass is 259 g/mol. The molecule has 1 atom stereocenters. The van der Waals surface area contributed by atoms with Crippen LogP contribution in [-0.4, -0.2) is 50.0 Å². The molecule has 0 aliphatic carbocycles. The number of rotatable bonds is 9. The quantitative estimate of drug-likeness (QED) is 0.240. The molecule has 0 fully saturated rings. The maximum absolute atomic E-state index is 11.6. The van der Waals surface area contributed by atoms with Crippen LogP contribution in [-0.2, 0) is 9.53 Å². The smallest absolute Gasteiger partial charge is 0.404 e. The minimum absolute atomic E-state index is 0.206. The van der Waals surface area contributed by atoms with Crippen molar-refractivity contribution in [3.05, 3.63) is 10.4 Å². The van der Waals surface area contributed by atoms with Crippen molar-refractivity contribution in [1.82, 2.24) is 10.6 Å². The Bertz CT molecular complexity index is 316. The van der Waals surface area contributed by atoms with E-state index >= 15 is 0 Å². The molecule has 9 nitrogen and oxygen atoms in total. The molecule has 0 heterocycles. The van der Waals surface area contributed by atoms with Crippen LogP contribution in [0.5, 0.6) is 0 Å². The number of azide groups is 1. The normalized spacial score (nSPS) is 11.2. The Hall–Kier alpha value is -1.99. The fourth-order valence-corrected chi connectivity index (χ4v) is 1.19.